The first-order valence-corrected chi connectivity index (χ1v) is 8.02. The SMILES string of the molecule is O=c1[nH]c2ccccc2nc1-c1ccccc1NCc1cccnc1. The largest absolute Gasteiger partial charge is 0.380 e. The summed E-state index contributed by atoms with van der Waals surface area (Å²) in [5.41, 5.74) is 4.41. The first-order valence-electron chi connectivity index (χ1n) is 8.02. The zero-order valence-electron chi connectivity index (χ0n) is 13.4. The second kappa shape index (κ2) is 6.57. The van der Waals surface area contributed by atoms with Crippen molar-refractivity contribution >= 4 is 16.7 Å². The number of nitrogens with zero attached hydrogens (tertiary/aromatic N) is 2. The highest BCUT2D eigenvalue weighted by molar-refractivity contribution is 5.81. The van der Waals surface area contributed by atoms with E-state index in [0.29, 0.717) is 12.2 Å². The molecule has 2 heterocycles. The minimum atomic E-state index is -0.200. The lowest BCUT2D eigenvalue weighted by atomic mass is 10.1. The third-order valence-corrected chi connectivity index (χ3v) is 3.99. The fraction of sp³-hybridized carbons (Fsp3) is 0.0500. The summed E-state index contributed by atoms with van der Waals surface area (Å²) in [5.74, 6) is 0. The van der Waals surface area contributed by atoms with Gasteiger partial charge in [0.2, 0.25) is 0 Å². The number of para-hydroxylation sites is 3. The second-order valence-electron chi connectivity index (χ2n) is 5.69. The normalized spacial score (nSPS) is 10.7. The van der Waals surface area contributed by atoms with Gasteiger partial charge in [-0.15, -0.1) is 0 Å². The standard InChI is InChI=1S/C20H16N4O/c25-20-19(23-17-9-3-4-10-18(17)24-20)15-7-1-2-8-16(15)22-13-14-6-5-11-21-12-14/h1-12,22H,13H2,(H,24,25). The highest BCUT2D eigenvalue weighted by Crippen LogP contribution is 2.25. The average molecular weight is 328 g/mol. The molecule has 0 spiro atoms. The van der Waals surface area contributed by atoms with Crippen LogP contribution in [0, 0.1) is 0 Å². The second-order valence-corrected chi connectivity index (χ2v) is 5.69. The maximum absolute atomic E-state index is 12.5. The fourth-order valence-corrected chi connectivity index (χ4v) is 2.76. The number of H-pyrrole nitrogens is 1. The van der Waals surface area contributed by atoms with Crippen LogP contribution in [0.2, 0.25) is 0 Å². The van der Waals surface area contributed by atoms with Crippen molar-refractivity contribution in [2.24, 2.45) is 0 Å². The highest BCUT2D eigenvalue weighted by Gasteiger charge is 2.11. The Morgan fingerprint density at radius 1 is 0.960 bits per heavy atom. The Morgan fingerprint density at radius 3 is 2.68 bits per heavy atom. The van der Waals surface area contributed by atoms with Crippen molar-refractivity contribution in [3.8, 4) is 11.3 Å². The van der Waals surface area contributed by atoms with Gasteiger partial charge in [-0.1, -0.05) is 36.4 Å². The number of benzene rings is 2. The van der Waals surface area contributed by atoms with Gasteiger partial charge in [0.1, 0.15) is 5.69 Å². The lowest BCUT2D eigenvalue weighted by Crippen LogP contribution is -2.12. The van der Waals surface area contributed by atoms with Crippen molar-refractivity contribution < 1.29 is 0 Å². The maximum atomic E-state index is 12.5. The molecular formula is C20H16N4O. The van der Waals surface area contributed by atoms with Crippen molar-refractivity contribution in [2.75, 3.05) is 5.32 Å². The van der Waals surface area contributed by atoms with Gasteiger partial charge in [-0.3, -0.25) is 9.78 Å². The van der Waals surface area contributed by atoms with Crippen LogP contribution in [0.5, 0.6) is 0 Å². The van der Waals surface area contributed by atoms with E-state index in [1.165, 1.54) is 0 Å². The number of hydrogen-bond donors (Lipinski definition) is 2. The van der Waals surface area contributed by atoms with E-state index in [1.807, 2.05) is 66.9 Å². The molecule has 0 radical (unpaired) electrons. The van der Waals surface area contributed by atoms with Crippen LogP contribution >= 0.6 is 0 Å². The Morgan fingerprint density at radius 2 is 1.80 bits per heavy atom. The molecule has 0 atom stereocenters. The van der Waals surface area contributed by atoms with Gasteiger partial charge in [0, 0.05) is 30.2 Å². The summed E-state index contributed by atoms with van der Waals surface area (Å²) in [6.07, 6.45) is 3.56. The van der Waals surface area contributed by atoms with E-state index < -0.39 is 0 Å². The zero-order chi connectivity index (χ0) is 17.1. The summed E-state index contributed by atoms with van der Waals surface area (Å²) >= 11 is 0. The molecule has 5 nitrogen and oxygen atoms in total. The number of aromatic nitrogens is 3. The number of rotatable bonds is 4. The van der Waals surface area contributed by atoms with Crippen molar-refractivity contribution in [3.63, 3.8) is 0 Å². The minimum absolute atomic E-state index is 0.200. The summed E-state index contributed by atoms with van der Waals surface area (Å²) in [5, 5.41) is 3.37. The lowest BCUT2D eigenvalue weighted by Gasteiger charge is -2.11. The molecule has 0 bridgehead atoms. The minimum Gasteiger partial charge on any atom is -0.380 e. The zero-order valence-corrected chi connectivity index (χ0v) is 13.4. The van der Waals surface area contributed by atoms with Crippen molar-refractivity contribution in [2.45, 2.75) is 6.54 Å². The number of fused-ring (bicyclic) bond motifs is 1. The van der Waals surface area contributed by atoms with E-state index in [-0.39, 0.29) is 5.56 Å². The van der Waals surface area contributed by atoms with E-state index in [2.05, 4.69) is 20.3 Å². The molecular weight excluding hydrogens is 312 g/mol. The van der Waals surface area contributed by atoms with E-state index in [1.54, 1.807) is 6.20 Å². The number of anilines is 1. The van der Waals surface area contributed by atoms with Crippen molar-refractivity contribution in [3.05, 3.63) is 89.0 Å². The third-order valence-electron chi connectivity index (χ3n) is 3.99. The number of aromatic amines is 1. The Bertz CT molecular complexity index is 1070. The summed E-state index contributed by atoms with van der Waals surface area (Å²) in [6.45, 7) is 0.621. The molecule has 0 aliphatic rings. The molecule has 122 valence electrons. The Hall–Kier alpha value is -3.47. The summed E-state index contributed by atoms with van der Waals surface area (Å²) < 4.78 is 0. The van der Waals surface area contributed by atoms with Gasteiger partial charge in [-0.05, 0) is 29.8 Å². The van der Waals surface area contributed by atoms with E-state index in [0.717, 1.165) is 27.8 Å². The highest BCUT2D eigenvalue weighted by atomic mass is 16.1. The van der Waals surface area contributed by atoms with Gasteiger partial charge >= 0.3 is 0 Å². The van der Waals surface area contributed by atoms with Crippen molar-refractivity contribution in [1.82, 2.24) is 15.0 Å². The summed E-state index contributed by atoms with van der Waals surface area (Å²) in [7, 11) is 0. The Labute approximate surface area is 144 Å². The molecule has 25 heavy (non-hydrogen) atoms. The molecule has 4 rings (SSSR count). The number of nitrogens with one attached hydrogen (secondary N) is 2. The molecule has 5 heteroatoms. The molecule has 0 amide bonds. The first-order chi connectivity index (χ1) is 12.3. The smallest absolute Gasteiger partial charge is 0.275 e. The summed E-state index contributed by atoms with van der Waals surface area (Å²) in [6, 6.07) is 19.1. The van der Waals surface area contributed by atoms with Crippen LogP contribution in [0.1, 0.15) is 5.56 Å². The first kappa shape index (κ1) is 15.1. The van der Waals surface area contributed by atoms with Crippen LogP contribution in [-0.4, -0.2) is 15.0 Å². The molecule has 0 saturated heterocycles. The Balaban J connectivity index is 1.74. The number of pyridine rings is 1. The van der Waals surface area contributed by atoms with Crippen LogP contribution in [0.15, 0.2) is 77.9 Å². The van der Waals surface area contributed by atoms with Crippen LogP contribution in [0.3, 0.4) is 0 Å². The Kier molecular flexibility index (Phi) is 3.96. The fourth-order valence-electron chi connectivity index (χ4n) is 2.76. The molecule has 0 aliphatic heterocycles. The van der Waals surface area contributed by atoms with Gasteiger partial charge in [-0.2, -0.15) is 0 Å². The molecule has 2 N–H and O–H groups in total. The van der Waals surface area contributed by atoms with E-state index in [4.69, 9.17) is 0 Å². The molecule has 0 fully saturated rings. The lowest BCUT2D eigenvalue weighted by molar-refractivity contribution is 1.11. The molecule has 0 unspecified atom stereocenters. The van der Waals surface area contributed by atoms with Crippen LogP contribution in [0.4, 0.5) is 5.69 Å². The molecule has 0 aliphatic carbocycles. The summed E-state index contributed by atoms with van der Waals surface area (Å²) in [4.78, 5) is 24.1. The van der Waals surface area contributed by atoms with E-state index in [9.17, 15) is 4.79 Å². The number of hydrogen-bond acceptors (Lipinski definition) is 4. The predicted octanol–water partition coefficient (Wildman–Crippen LogP) is 3.60. The quantitative estimate of drug-likeness (QED) is 0.600. The van der Waals surface area contributed by atoms with Gasteiger partial charge in [0.15, 0.2) is 0 Å². The van der Waals surface area contributed by atoms with Crippen LogP contribution < -0.4 is 10.9 Å². The van der Waals surface area contributed by atoms with Gasteiger partial charge in [0.05, 0.1) is 11.0 Å². The average Bonchev–Trinajstić information content (AvgIpc) is 2.67. The third kappa shape index (κ3) is 3.12. The molecule has 4 aromatic rings. The maximum Gasteiger partial charge on any atom is 0.275 e. The van der Waals surface area contributed by atoms with Gasteiger partial charge < -0.3 is 10.3 Å². The molecule has 0 saturated carbocycles. The monoisotopic (exact) mass is 328 g/mol. The predicted molar refractivity (Wildman–Crippen MR) is 99.4 cm³/mol. The molecule has 2 aromatic heterocycles. The van der Waals surface area contributed by atoms with Gasteiger partial charge in [-0.25, -0.2) is 4.98 Å². The topological polar surface area (TPSA) is 70.7 Å². The van der Waals surface area contributed by atoms with E-state index >= 15 is 0 Å². The molecule has 2 aromatic carbocycles. The van der Waals surface area contributed by atoms with Crippen LogP contribution in [-0.2, 0) is 6.54 Å². The van der Waals surface area contributed by atoms with Crippen molar-refractivity contribution in [1.29, 1.82) is 0 Å². The van der Waals surface area contributed by atoms with Gasteiger partial charge in [0.25, 0.3) is 5.56 Å². The van der Waals surface area contributed by atoms with Crippen LogP contribution in [0.25, 0.3) is 22.3 Å².